The van der Waals surface area contributed by atoms with Crippen molar-refractivity contribution in [3.05, 3.63) is 69.0 Å². The summed E-state index contributed by atoms with van der Waals surface area (Å²) in [6.45, 7) is 0. The zero-order valence-corrected chi connectivity index (χ0v) is 17.0. The van der Waals surface area contributed by atoms with Crippen LogP contribution in [-0.2, 0) is 22.4 Å². The minimum Gasteiger partial charge on any atom is -0.445 e. The van der Waals surface area contributed by atoms with Gasteiger partial charge in [-0.1, -0.05) is 6.07 Å². The van der Waals surface area contributed by atoms with Gasteiger partial charge in [0.15, 0.2) is 0 Å². The van der Waals surface area contributed by atoms with E-state index < -0.39 is 6.09 Å². The number of carbonyl (C=O) groups excluding carboxylic acids is 2. The Labute approximate surface area is 175 Å². The van der Waals surface area contributed by atoms with Crippen molar-refractivity contribution in [3.8, 4) is 6.07 Å². The molecule has 0 bridgehead atoms. The Morgan fingerprint density at radius 3 is 2.86 bits per heavy atom. The molecule has 1 aliphatic rings. The van der Waals surface area contributed by atoms with Crippen LogP contribution in [0.2, 0.25) is 0 Å². The van der Waals surface area contributed by atoms with E-state index >= 15 is 0 Å². The first-order valence-electron chi connectivity index (χ1n) is 9.05. The standard InChI is InChI=1S/C21H17N3O3S2/c22-13-17-16-7-5-14(27-21(26)24-9-1-2-10-24)12-18(16)29-20(17)23-19(25)8-6-15-4-3-11-28-15/h1-4,6,8-11,14H,5,7,12H2,(H,23,25)/b8-6+. The Hall–Kier alpha value is -3.15. The van der Waals surface area contributed by atoms with Crippen molar-refractivity contribution < 1.29 is 14.3 Å². The van der Waals surface area contributed by atoms with Crippen LogP contribution in [0, 0.1) is 11.3 Å². The van der Waals surface area contributed by atoms with Crippen molar-refractivity contribution in [2.24, 2.45) is 0 Å². The highest BCUT2D eigenvalue weighted by Gasteiger charge is 2.28. The molecular weight excluding hydrogens is 406 g/mol. The van der Waals surface area contributed by atoms with Crippen molar-refractivity contribution in [2.75, 3.05) is 5.32 Å². The number of anilines is 1. The number of thiophene rings is 2. The monoisotopic (exact) mass is 423 g/mol. The molecule has 146 valence electrons. The summed E-state index contributed by atoms with van der Waals surface area (Å²) in [4.78, 5) is 26.4. The molecule has 0 radical (unpaired) electrons. The Morgan fingerprint density at radius 2 is 2.14 bits per heavy atom. The zero-order chi connectivity index (χ0) is 20.2. The summed E-state index contributed by atoms with van der Waals surface area (Å²) in [7, 11) is 0. The smallest absolute Gasteiger partial charge is 0.418 e. The topological polar surface area (TPSA) is 84.1 Å². The average molecular weight is 424 g/mol. The fourth-order valence-electron chi connectivity index (χ4n) is 3.22. The first-order chi connectivity index (χ1) is 14.1. The highest BCUT2D eigenvalue weighted by molar-refractivity contribution is 7.16. The second-order valence-corrected chi connectivity index (χ2v) is 8.58. The van der Waals surface area contributed by atoms with E-state index in [1.165, 1.54) is 22.0 Å². The van der Waals surface area contributed by atoms with Gasteiger partial charge in [-0.15, -0.1) is 22.7 Å². The molecule has 0 aliphatic heterocycles. The maximum atomic E-state index is 12.3. The molecule has 1 unspecified atom stereocenters. The van der Waals surface area contributed by atoms with Crippen LogP contribution in [0.3, 0.4) is 0 Å². The average Bonchev–Trinajstić information content (AvgIpc) is 3.46. The lowest BCUT2D eigenvalue weighted by Gasteiger charge is -2.22. The lowest BCUT2D eigenvalue weighted by atomic mass is 9.94. The molecule has 0 spiro atoms. The summed E-state index contributed by atoms with van der Waals surface area (Å²) in [5, 5.41) is 14.9. The van der Waals surface area contributed by atoms with E-state index in [1.807, 2.05) is 17.5 Å². The number of fused-ring (bicyclic) bond motifs is 1. The van der Waals surface area contributed by atoms with Gasteiger partial charge >= 0.3 is 6.09 Å². The highest BCUT2D eigenvalue weighted by atomic mass is 32.1. The summed E-state index contributed by atoms with van der Waals surface area (Å²) in [5.74, 6) is -0.274. The van der Waals surface area contributed by atoms with Crippen LogP contribution in [-0.4, -0.2) is 22.7 Å². The fraction of sp³-hybridized carbons (Fsp3) is 0.190. The number of carbonyl (C=O) groups is 2. The van der Waals surface area contributed by atoms with Crippen LogP contribution in [0.5, 0.6) is 0 Å². The molecule has 1 atom stereocenters. The van der Waals surface area contributed by atoms with Gasteiger partial charge in [-0.05, 0) is 48.1 Å². The molecule has 3 heterocycles. The molecule has 0 aromatic carbocycles. The minimum atomic E-state index is -0.409. The van der Waals surface area contributed by atoms with Gasteiger partial charge in [-0.3, -0.25) is 9.36 Å². The highest BCUT2D eigenvalue weighted by Crippen LogP contribution is 2.38. The summed E-state index contributed by atoms with van der Waals surface area (Å²) >= 11 is 2.93. The third kappa shape index (κ3) is 4.31. The Morgan fingerprint density at radius 1 is 1.31 bits per heavy atom. The predicted octanol–water partition coefficient (Wildman–Crippen LogP) is 4.68. The van der Waals surface area contributed by atoms with Gasteiger partial charge in [0.2, 0.25) is 5.91 Å². The molecule has 1 N–H and O–H groups in total. The van der Waals surface area contributed by atoms with Gasteiger partial charge in [0.05, 0.1) is 5.56 Å². The Kier molecular flexibility index (Phi) is 5.60. The molecule has 4 rings (SSSR count). The first kappa shape index (κ1) is 19.2. The number of nitrogens with zero attached hydrogens (tertiary/aromatic N) is 2. The molecule has 1 aliphatic carbocycles. The summed E-state index contributed by atoms with van der Waals surface area (Å²) in [6.07, 6.45) is 7.68. The molecule has 0 fully saturated rings. The quantitative estimate of drug-likeness (QED) is 0.618. The number of nitriles is 1. The third-order valence-corrected chi connectivity index (χ3v) is 6.60. The Balaban J connectivity index is 1.45. The largest absolute Gasteiger partial charge is 0.445 e. The molecule has 6 nitrogen and oxygen atoms in total. The van der Waals surface area contributed by atoms with Crippen LogP contribution in [0.4, 0.5) is 9.80 Å². The normalized spacial score (nSPS) is 15.6. The minimum absolute atomic E-state index is 0.245. The molecule has 8 heteroatoms. The third-order valence-electron chi connectivity index (χ3n) is 4.59. The van der Waals surface area contributed by atoms with Crippen LogP contribution < -0.4 is 5.32 Å². The number of ether oxygens (including phenoxy) is 1. The number of hydrogen-bond donors (Lipinski definition) is 1. The van der Waals surface area contributed by atoms with E-state index in [4.69, 9.17) is 4.74 Å². The summed E-state index contributed by atoms with van der Waals surface area (Å²) < 4.78 is 6.99. The number of nitrogens with one attached hydrogen (secondary N) is 1. The molecule has 0 saturated heterocycles. The maximum Gasteiger partial charge on any atom is 0.418 e. The van der Waals surface area contributed by atoms with E-state index in [0.29, 0.717) is 29.8 Å². The van der Waals surface area contributed by atoms with E-state index in [-0.39, 0.29) is 12.0 Å². The lowest BCUT2D eigenvalue weighted by molar-refractivity contribution is -0.111. The zero-order valence-electron chi connectivity index (χ0n) is 15.3. The van der Waals surface area contributed by atoms with Gasteiger partial charge in [0, 0.05) is 34.6 Å². The van der Waals surface area contributed by atoms with Gasteiger partial charge in [-0.2, -0.15) is 5.26 Å². The van der Waals surface area contributed by atoms with Crippen molar-refractivity contribution in [2.45, 2.75) is 25.4 Å². The fourth-order valence-corrected chi connectivity index (χ4v) is 5.10. The van der Waals surface area contributed by atoms with E-state index in [2.05, 4.69) is 11.4 Å². The molecule has 3 aromatic rings. The van der Waals surface area contributed by atoms with Gasteiger partial charge in [0.1, 0.15) is 17.2 Å². The molecular formula is C21H17N3O3S2. The number of aromatic nitrogens is 1. The summed E-state index contributed by atoms with van der Waals surface area (Å²) in [5.41, 5.74) is 1.46. The predicted molar refractivity (Wildman–Crippen MR) is 113 cm³/mol. The van der Waals surface area contributed by atoms with Crippen molar-refractivity contribution in [3.63, 3.8) is 0 Å². The van der Waals surface area contributed by atoms with Crippen LogP contribution in [0.15, 0.2) is 48.1 Å². The van der Waals surface area contributed by atoms with Gasteiger partial charge in [0.25, 0.3) is 0 Å². The second kappa shape index (κ2) is 8.47. The van der Waals surface area contributed by atoms with E-state index in [1.54, 1.807) is 41.9 Å². The number of rotatable bonds is 4. The number of amides is 1. The summed E-state index contributed by atoms with van der Waals surface area (Å²) in [6, 6.07) is 9.59. The van der Waals surface area contributed by atoms with Gasteiger partial charge in [-0.25, -0.2) is 4.79 Å². The SMILES string of the molecule is N#Cc1c(NC(=O)/C=C/c2cccs2)sc2c1CCC(OC(=O)n1cccc1)C2. The lowest BCUT2D eigenvalue weighted by Crippen LogP contribution is -2.26. The van der Waals surface area contributed by atoms with Crippen LogP contribution >= 0.6 is 22.7 Å². The first-order valence-corrected chi connectivity index (χ1v) is 10.7. The maximum absolute atomic E-state index is 12.3. The van der Waals surface area contributed by atoms with Crippen molar-refractivity contribution in [1.29, 1.82) is 5.26 Å². The van der Waals surface area contributed by atoms with Crippen LogP contribution in [0.25, 0.3) is 6.08 Å². The molecule has 29 heavy (non-hydrogen) atoms. The van der Waals surface area contributed by atoms with Crippen molar-refractivity contribution >= 4 is 45.8 Å². The second-order valence-electron chi connectivity index (χ2n) is 6.50. The van der Waals surface area contributed by atoms with Gasteiger partial charge < -0.3 is 10.1 Å². The molecule has 0 saturated carbocycles. The van der Waals surface area contributed by atoms with E-state index in [0.717, 1.165) is 15.3 Å². The number of hydrogen-bond acceptors (Lipinski definition) is 6. The Bertz CT molecular complexity index is 1090. The molecule has 1 amide bonds. The van der Waals surface area contributed by atoms with E-state index in [9.17, 15) is 14.9 Å². The molecule has 3 aromatic heterocycles. The van der Waals surface area contributed by atoms with Crippen molar-refractivity contribution in [1.82, 2.24) is 4.57 Å². The van der Waals surface area contributed by atoms with Crippen LogP contribution in [0.1, 0.15) is 27.3 Å².